The van der Waals surface area contributed by atoms with Gasteiger partial charge in [0.15, 0.2) is 0 Å². The van der Waals surface area contributed by atoms with Crippen LogP contribution in [-0.4, -0.2) is 9.30 Å². The van der Waals surface area contributed by atoms with Crippen molar-refractivity contribution < 1.29 is 5.11 Å². The molecule has 0 saturated carbocycles. The third-order valence-corrected chi connectivity index (χ3v) is 1.86. The van der Waals surface area contributed by atoms with Crippen LogP contribution in [0, 0.1) is 0 Å². The van der Waals surface area contributed by atoms with Gasteiger partial charge in [0.2, 0.25) is 0 Å². The van der Waals surface area contributed by atoms with Crippen LogP contribution in [0.1, 0.15) is 5.56 Å². The molecule has 0 radical (unpaired) electrons. The fourth-order valence-corrected chi connectivity index (χ4v) is 1.27. The molecule has 0 aliphatic carbocycles. The molecule has 0 atom stereocenters. The van der Waals surface area contributed by atoms with Gasteiger partial charge in [0.25, 0.3) is 0 Å². The number of thiol groups is 1. The van der Waals surface area contributed by atoms with Crippen LogP contribution >= 0.6 is 36.4 Å². The first kappa shape index (κ1) is 10.6. The van der Waals surface area contributed by atoms with Crippen molar-refractivity contribution >= 4 is 46.4 Å². The monoisotopic (exact) mass is 230 g/mol. The molecule has 0 spiro atoms. The van der Waals surface area contributed by atoms with E-state index in [1.165, 1.54) is 6.08 Å². The van der Waals surface area contributed by atoms with Crippen LogP contribution in [0.3, 0.4) is 0 Å². The minimum atomic E-state index is 0.0718. The zero-order valence-corrected chi connectivity index (χ0v) is 9.03. The van der Waals surface area contributed by atoms with E-state index in [2.05, 4.69) is 12.6 Å². The topological polar surface area (TPSA) is 20.2 Å². The summed E-state index contributed by atoms with van der Waals surface area (Å²) in [5.74, 6) is 0.0718. The minimum Gasteiger partial charge on any atom is -0.507 e. The highest BCUT2D eigenvalue weighted by Crippen LogP contribution is 2.16. The summed E-state index contributed by atoms with van der Waals surface area (Å²) in [6.07, 6.45) is 1.39. The molecule has 0 heterocycles. The Morgan fingerprint density at radius 2 is 2.23 bits per heavy atom. The van der Waals surface area contributed by atoms with Crippen molar-refractivity contribution in [2.45, 2.75) is 0 Å². The summed E-state index contributed by atoms with van der Waals surface area (Å²) in [4.78, 5) is 0. The highest BCUT2D eigenvalue weighted by Gasteiger charge is 1.99. The van der Waals surface area contributed by atoms with Crippen molar-refractivity contribution in [3.8, 4) is 0 Å². The lowest BCUT2D eigenvalue weighted by molar-refractivity contribution is 0.512. The van der Waals surface area contributed by atoms with E-state index in [0.717, 1.165) is 0 Å². The van der Waals surface area contributed by atoms with Gasteiger partial charge < -0.3 is 5.11 Å². The van der Waals surface area contributed by atoms with Crippen LogP contribution in [0.15, 0.2) is 30.3 Å². The Balaban J connectivity index is 3.02. The zero-order valence-electron chi connectivity index (χ0n) is 6.57. The zero-order chi connectivity index (χ0) is 9.84. The Morgan fingerprint density at radius 1 is 1.54 bits per heavy atom. The van der Waals surface area contributed by atoms with Crippen LogP contribution in [0.25, 0.3) is 5.76 Å². The number of rotatable bonds is 2. The van der Waals surface area contributed by atoms with E-state index in [9.17, 15) is 5.11 Å². The molecule has 1 aromatic rings. The predicted molar refractivity (Wildman–Crippen MR) is 63.6 cm³/mol. The average Bonchev–Trinajstić information content (AvgIpc) is 2.03. The quantitative estimate of drug-likeness (QED) is 0.351. The van der Waals surface area contributed by atoms with E-state index < -0.39 is 0 Å². The van der Waals surface area contributed by atoms with Gasteiger partial charge in [-0.15, -0.1) is 12.6 Å². The first-order chi connectivity index (χ1) is 6.09. The third kappa shape index (κ3) is 3.38. The van der Waals surface area contributed by atoms with Gasteiger partial charge in [0, 0.05) is 16.7 Å². The Bertz CT molecular complexity index is 360. The first-order valence-corrected chi connectivity index (χ1v) is 4.72. The smallest absolute Gasteiger partial charge is 0.124 e. The van der Waals surface area contributed by atoms with E-state index in [0.29, 0.717) is 14.8 Å². The summed E-state index contributed by atoms with van der Waals surface area (Å²) in [5.41, 5.74) is 0.629. The van der Waals surface area contributed by atoms with Crippen LogP contribution in [0.2, 0.25) is 5.02 Å². The molecule has 1 aromatic carbocycles. The minimum absolute atomic E-state index is 0.0718. The van der Waals surface area contributed by atoms with Crippen molar-refractivity contribution in [2.75, 3.05) is 0 Å². The third-order valence-electron chi connectivity index (χ3n) is 1.38. The lowest BCUT2D eigenvalue weighted by atomic mass is 10.2. The van der Waals surface area contributed by atoms with E-state index in [1.54, 1.807) is 24.3 Å². The first-order valence-electron chi connectivity index (χ1n) is 3.49. The lowest BCUT2D eigenvalue weighted by Gasteiger charge is -1.99. The molecule has 0 bridgehead atoms. The molecule has 13 heavy (non-hydrogen) atoms. The molecule has 1 nitrogen and oxygen atoms in total. The summed E-state index contributed by atoms with van der Waals surface area (Å²) in [5, 5.41) is 10.1. The summed E-state index contributed by atoms with van der Waals surface area (Å²) in [6.45, 7) is 0. The molecule has 1 rings (SSSR count). The fourth-order valence-electron chi connectivity index (χ4n) is 0.848. The maximum Gasteiger partial charge on any atom is 0.124 e. The largest absolute Gasteiger partial charge is 0.507 e. The number of hydrogen-bond donors (Lipinski definition) is 2. The number of benzene rings is 1. The normalized spacial score (nSPS) is 11.4. The van der Waals surface area contributed by atoms with Crippen LogP contribution in [0.4, 0.5) is 0 Å². The summed E-state index contributed by atoms with van der Waals surface area (Å²) in [6, 6.07) is 6.88. The summed E-state index contributed by atoms with van der Waals surface area (Å²) < 4.78 is 0.331. The molecule has 1 N–H and O–H groups in total. The molecule has 0 amide bonds. The van der Waals surface area contributed by atoms with E-state index in [1.807, 2.05) is 0 Å². The molecule has 0 fully saturated rings. The van der Waals surface area contributed by atoms with Crippen LogP contribution in [0.5, 0.6) is 0 Å². The van der Waals surface area contributed by atoms with Crippen molar-refractivity contribution in [1.82, 2.24) is 0 Å². The second kappa shape index (κ2) is 4.65. The number of aliphatic hydroxyl groups is 1. The SMILES string of the molecule is O/C(=C\C(=S)S)c1cccc(Cl)c1. The van der Waals surface area contributed by atoms with Crippen LogP contribution < -0.4 is 0 Å². The van der Waals surface area contributed by atoms with Gasteiger partial charge in [-0.25, -0.2) is 0 Å². The van der Waals surface area contributed by atoms with Crippen LogP contribution in [-0.2, 0) is 0 Å². The molecular weight excluding hydrogens is 224 g/mol. The Morgan fingerprint density at radius 3 is 2.77 bits per heavy atom. The van der Waals surface area contributed by atoms with Gasteiger partial charge in [-0.3, -0.25) is 0 Å². The highest BCUT2D eigenvalue weighted by molar-refractivity contribution is 8.11. The van der Waals surface area contributed by atoms with Crippen molar-refractivity contribution in [1.29, 1.82) is 0 Å². The Labute approximate surface area is 92.4 Å². The van der Waals surface area contributed by atoms with Gasteiger partial charge in [-0.05, 0) is 12.1 Å². The molecule has 0 aliphatic heterocycles. The van der Waals surface area contributed by atoms with E-state index in [-0.39, 0.29) is 5.76 Å². The Hall–Kier alpha value is -0.510. The van der Waals surface area contributed by atoms with Gasteiger partial charge in [0.1, 0.15) is 5.76 Å². The standard InChI is InChI=1S/C9H7ClOS2/c10-7-3-1-2-6(4-7)8(11)5-9(12)13/h1-5,11H,(H,12,13)/b8-5-. The average molecular weight is 231 g/mol. The fraction of sp³-hybridized carbons (Fsp3) is 0. The molecule has 0 aromatic heterocycles. The maximum absolute atomic E-state index is 9.48. The molecule has 68 valence electrons. The van der Waals surface area contributed by atoms with Crippen molar-refractivity contribution in [3.05, 3.63) is 40.9 Å². The van der Waals surface area contributed by atoms with Gasteiger partial charge >= 0.3 is 0 Å². The molecule has 0 saturated heterocycles. The second-order valence-electron chi connectivity index (χ2n) is 2.38. The predicted octanol–water partition coefficient (Wildman–Crippen LogP) is 3.50. The van der Waals surface area contributed by atoms with Crippen molar-refractivity contribution in [2.24, 2.45) is 0 Å². The number of aliphatic hydroxyl groups excluding tert-OH is 1. The second-order valence-corrected chi connectivity index (χ2v) is 4.04. The molecule has 0 unspecified atom stereocenters. The number of thiocarbonyl (C=S) groups is 1. The molecule has 4 heteroatoms. The van der Waals surface area contributed by atoms with E-state index in [4.69, 9.17) is 23.8 Å². The van der Waals surface area contributed by atoms with Gasteiger partial charge in [-0.1, -0.05) is 36.0 Å². The molecular formula is C9H7ClOS2. The van der Waals surface area contributed by atoms with Gasteiger partial charge in [-0.2, -0.15) is 0 Å². The number of hydrogen-bond acceptors (Lipinski definition) is 2. The van der Waals surface area contributed by atoms with Crippen molar-refractivity contribution in [3.63, 3.8) is 0 Å². The number of halogens is 1. The summed E-state index contributed by atoms with van der Waals surface area (Å²) in [7, 11) is 0. The maximum atomic E-state index is 9.48. The van der Waals surface area contributed by atoms with Gasteiger partial charge in [0.05, 0.1) is 4.20 Å². The summed E-state index contributed by atoms with van der Waals surface area (Å²) >= 11 is 14.3. The Kier molecular flexibility index (Phi) is 3.78. The van der Waals surface area contributed by atoms with E-state index >= 15 is 0 Å². The highest BCUT2D eigenvalue weighted by atomic mass is 35.5. The molecule has 0 aliphatic rings. The lowest BCUT2D eigenvalue weighted by Crippen LogP contribution is -1.84.